The minimum atomic E-state index is -4.39. The van der Waals surface area contributed by atoms with E-state index in [1.54, 1.807) is 25.4 Å². The summed E-state index contributed by atoms with van der Waals surface area (Å²) in [6.07, 6.45) is 1.61. The van der Waals surface area contributed by atoms with Gasteiger partial charge in [0, 0.05) is 50.7 Å². The molecule has 2 atom stereocenters. The molecule has 0 saturated carbocycles. The summed E-state index contributed by atoms with van der Waals surface area (Å²) in [5.74, 6) is 1.03. The number of likely N-dealkylation sites (tertiary alicyclic amines) is 1. The fraction of sp³-hybridized carbons (Fsp3) is 0.556. The second kappa shape index (κ2) is 11.1. The van der Waals surface area contributed by atoms with Crippen molar-refractivity contribution in [2.75, 3.05) is 33.4 Å². The molecule has 0 bridgehead atoms. The van der Waals surface area contributed by atoms with Crippen molar-refractivity contribution < 1.29 is 27.4 Å². The maximum Gasteiger partial charge on any atom is 0.416 e. The number of pyridine rings is 1. The molecule has 2 aromatic rings. The lowest BCUT2D eigenvalue weighted by atomic mass is 9.82. The topological polar surface area (TPSA) is 51.7 Å². The van der Waals surface area contributed by atoms with Crippen LogP contribution in [-0.4, -0.2) is 55.3 Å². The minimum absolute atomic E-state index is 0.0329. The molecule has 2 saturated heterocycles. The number of hydrogen-bond donors (Lipinski definition) is 0. The van der Waals surface area contributed by atoms with Gasteiger partial charge in [-0.2, -0.15) is 13.2 Å². The number of alkyl halides is 3. The second-order valence-corrected chi connectivity index (χ2v) is 9.67. The summed E-state index contributed by atoms with van der Waals surface area (Å²) in [6.45, 7) is 4.67. The molecule has 1 aromatic heterocycles. The zero-order chi connectivity index (χ0) is 25.0. The second-order valence-electron chi connectivity index (χ2n) is 9.67. The predicted octanol–water partition coefficient (Wildman–Crippen LogP) is 5.29. The summed E-state index contributed by atoms with van der Waals surface area (Å²) < 4.78 is 50.4. The van der Waals surface area contributed by atoms with E-state index < -0.39 is 11.7 Å². The molecule has 0 aliphatic carbocycles. The molecule has 0 radical (unpaired) electrons. The number of rotatable bonds is 6. The van der Waals surface area contributed by atoms with Gasteiger partial charge in [0.15, 0.2) is 0 Å². The van der Waals surface area contributed by atoms with Crippen molar-refractivity contribution in [1.29, 1.82) is 0 Å². The van der Waals surface area contributed by atoms with Crippen molar-refractivity contribution in [1.82, 2.24) is 9.88 Å². The zero-order valence-electron chi connectivity index (χ0n) is 20.3. The van der Waals surface area contributed by atoms with Crippen LogP contribution in [0, 0.1) is 18.8 Å². The number of carbonyl (C=O) groups is 1. The third kappa shape index (κ3) is 6.22. The number of amides is 1. The molecule has 2 aliphatic heterocycles. The van der Waals surface area contributed by atoms with Crippen LogP contribution in [-0.2, 0) is 22.1 Å². The third-order valence-electron chi connectivity index (χ3n) is 7.45. The van der Waals surface area contributed by atoms with Crippen molar-refractivity contribution in [2.24, 2.45) is 11.8 Å². The Hall–Kier alpha value is -2.45. The first-order valence-corrected chi connectivity index (χ1v) is 12.3. The lowest BCUT2D eigenvalue weighted by Gasteiger charge is -2.37. The van der Waals surface area contributed by atoms with E-state index in [2.05, 4.69) is 4.98 Å². The number of ether oxygens (including phenoxy) is 2. The highest BCUT2D eigenvalue weighted by atomic mass is 19.4. The molecule has 2 fully saturated rings. The number of carbonyl (C=O) groups excluding carboxylic acids is 1. The predicted molar refractivity (Wildman–Crippen MR) is 126 cm³/mol. The Labute approximate surface area is 204 Å². The van der Waals surface area contributed by atoms with Crippen LogP contribution in [0.1, 0.15) is 58.4 Å². The Morgan fingerprint density at radius 2 is 1.97 bits per heavy atom. The molecule has 190 valence electrons. The van der Waals surface area contributed by atoms with E-state index in [1.165, 1.54) is 6.07 Å². The van der Waals surface area contributed by atoms with Gasteiger partial charge >= 0.3 is 6.18 Å². The number of nitrogens with zero attached hydrogens (tertiary/aromatic N) is 2. The fourth-order valence-electron chi connectivity index (χ4n) is 5.30. The summed E-state index contributed by atoms with van der Waals surface area (Å²) >= 11 is 0. The maximum absolute atomic E-state index is 13.3. The maximum atomic E-state index is 13.3. The van der Waals surface area contributed by atoms with Crippen LogP contribution in [0.15, 0.2) is 36.5 Å². The third-order valence-corrected chi connectivity index (χ3v) is 7.45. The van der Waals surface area contributed by atoms with Gasteiger partial charge in [-0.15, -0.1) is 0 Å². The highest BCUT2D eigenvalue weighted by molar-refractivity contribution is 5.95. The van der Waals surface area contributed by atoms with Crippen LogP contribution in [0.2, 0.25) is 0 Å². The smallest absolute Gasteiger partial charge is 0.379 e. The van der Waals surface area contributed by atoms with E-state index in [0.29, 0.717) is 48.4 Å². The summed E-state index contributed by atoms with van der Waals surface area (Å²) in [7, 11) is 1.74. The van der Waals surface area contributed by atoms with E-state index in [9.17, 15) is 18.0 Å². The number of piperidine rings is 1. The Balaban J connectivity index is 1.39. The number of methoxy groups -OCH3 is 1. The molecular formula is C27H33F3N2O3. The van der Waals surface area contributed by atoms with Gasteiger partial charge in [0.05, 0.1) is 18.3 Å². The van der Waals surface area contributed by atoms with Gasteiger partial charge in [0.25, 0.3) is 5.91 Å². The van der Waals surface area contributed by atoms with Crippen molar-refractivity contribution >= 4 is 5.91 Å². The number of aromatic nitrogens is 1. The minimum Gasteiger partial charge on any atom is -0.379 e. The van der Waals surface area contributed by atoms with Crippen molar-refractivity contribution in [2.45, 2.75) is 51.3 Å². The van der Waals surface area contributed by atoms with E-state index >= 15 is 0 Å². The molecule has 4 rings (SSSR count). The molecule has 0 spiro atoms. The average molecular weight is 491 g/mol. The molecule has 3 heterocycles. The first kappa shape index (κ1) is 25.6. The average Bonchev–Trinajstić information content (AvgIpc) is 2.85. The summed E-state index contributed by atoms with van der Waals surface area (Å²) in [4.78, 5) is 19.6. The fourth-order valence-corrected chi connectivity index (χ4v) is 5.30. The Bertz CT molecular complexity index is 1020. The molecule has 5 nitrogen and oxygen atoms in total. The van der Waals surface area contributed by atoms with Gasteiger partial charge < -0.3 is 14.4 Å². The lowest BCUT2D eigenvalue weighted by molar-refractivity contribution is -0.137. The van der Waals surface area contributed by atoms with Crippen LogP contribution < -0.4 is 0 Å². The van der Waals surface area contributed by atoms with Crippen molar-refractivity contribution in [3.8, 4) is 0 Å². The van der Waals surface area contributed by atoms with Gasteiger partial charge in [0.1, 0.15) is 0 Å². The number of benzene rings is 1. The van der Waals surface area contributed by atoms with Crippen molar-refractivity contribution in [3.05, 3.63) is 64.5 Å². The van der Waals surface area contributed by atoms with Gasteiger partial charge in [-0.1, -0.05) is 18.2 Å². The quantitative estimate of drug-likeness (QED) is 0.552. The highest BCUT2D eigenvalue weighted by Gasteiger charge is 2.32. The number of hydrogen-bond acceptors (Lipinski definition) is 4. The van der Waals surface area contributed by atoms with Crippen LogP contribution >= 0.6 is 0 Å². The molecule has 35 heavy (non-hydrogen) atoms. The van der Waals surface area contributed by atoms with E-state index in [0.717, 1.165) is 50.0 Å². The van der Waals surface area contributed by atoms with Crippen LogP contribution in [0.4, 0.5) is 13.2 Å². The summed E-state index contributed by atoms with van der Waals surface area (Å²) in [5, 5.41) is 0. The normalized spacial score (nSPS) is 21.8. The van der Waals surface area contributed by atoms with Crippen LogP contribution in [0.5, 0.6) is 0 Å². The monoisotopic (exact) mass is 490 g/mol. The largest absolute Gasteiger partial charge is 0.416 e. The molecule has 0 N–H and O–H groups in total. The molecule has 1 aromatic carbocycles. The van der Waals surface area contributed by atoms with E-state index in [-0.39, 0.29) is 18.4 Å². The molecule has 0 unspecified atom stereocenters. The SMILES string of the molecule is CO[C@@H]1COCC[C@@H]1CC1CCN(C(=O)c2ccnc(Cc3cccc(C(F)(F)F)c3)c2C)CC1. The highest BCUT2D eigenvalue weighted by Crippen LogP contribution is 2.32. The standard InChI is InChI=1S/C27H33F3N2O3/c1-18-23(6-10-31-24(18)16-20-4-3-5-22(15-20)27(28,29)30)26(33)32-11-7-19(8-12-32)14-21-9-13-35-17-25(21)34-2/h3-6,10,15,19,21,25H,7-9,11-14,16-17H2,1-2H3/t21-,25-/m1/s1. The van der Waals surface area contributed by atoms with E-state index in [4.69, 9.17) is 9.47 Å². The molecule has 8 heteroatoms. The summed E-state index contributed by atoms with van der Waals surface area (Å²) in [5.41, 5.74) is 1.75. The molecular weight excluding hydrogens is 457 g/mol. The van der Waals surface area contributed by atoms with Crippen LogP contribution in [0.25, 0.3) is 0 Å². The molecule has 1 amide bonds. The number of halogens is 3. The van der Waals surface area contributed by atoms with Gasteiger partial charge in [-0.3, -0.25) is 9.78 Å². The van der Waals surface area contributed by atoms with Gasteiger partial charge in [0.2, 0.25) is 0 Å². The van der Waals surface area contributed by atoms with Gasteiger partial charge in [-0.25, -0.2) is 0 Å². The Morgan fingerprint density at radius 1 is 1.20 bits per heavy atom. The van der Waals surface area contributed by atoms with Gasteiger partial charge in [-0.05, 0) is 67.7 Å². The first-order valence-electron chi connectivity index (χ1n) is 12.3. The first-order chi connectivity index (χ1) is 16.8. The summed E-state index contributed by atoms with van der Waals surface area (Å²) in [6, 6.07) is 6.98. The Morgan fingerprint density at radius 3 is 2.69 bits per heavy atom. The lowest BCUT2D eigenvalue weighted by Crippen LogP contribution is -2.41. The van der Waals surface area contributed by atoms with Crippen molar-refractivity contribution in [3.63, 3.8) is 0 Å². The zero-order valence-corrected chi connectivity index (χ0v) is 20.3. The molecule has 2 aliphatic rings. The van der Waals surface area contributed by atoms with Crippen LogP contribution in [0.3, 0.4) is 0 Å². The van der Waals surface area contributed by atoms with E-state index in [1.807, 2.05) is 11.8 Å². The Kier molecular flexibility index (Phi) is 8.12.